The molecule has 0 spiro atoms. The molecule has 0 bridgehead atoms. The lowest BCUT2D eigenvalue weighted by atomic mass is 9.83. The fraction of sp³-hybridized carbons (Fsp3) is 0.714. The Morgan fingerprint density at radius 3 is 2.50 bits per heavy atom. The van der Waals surface area contributed by atoms with E-state index in [1.807, 2.05) is 0 Å². The molecule has 1 aliphatic carbocycles. The first-order valence-electron chi connectivity index (χ1n) is 6.72. The second-order valence-corrected chi connectivity index (χ2v) is 6.33. The molecule has 1 radical (unpaired) electrons. The smallest absolute Gasteiger partial charge is 0.333 e. The molecular formula is C14H23BN3O2. The number of allylic oxidation sites excluding steroid dienone is 1. The highest BCUT2D eigenvalue weighted by molar-refractivity contribution is 6.46. The van der Waals surface area contributed by atoms with Crippen LogP contribution in [-0.4, -0.2) is 36.6 Å². The molecule has 1 aliphatic rings. The third-order valence-corrected chi connectivity index (χ3v) is 3.88. The third-order valence-electron chi connectivity index (χ3n) is 3.88. The summed E-state index contributed by atoms with van der Waals surface area (Å²) in [6.45, 7) is 7.45. The molecule has 6 heteroatoms. The van der Waals surface area contributed by atoms with E-state index in [0.717, 1.165) is 12.8 Å². The summed E-state index contributed by atoms with van der Waals surface area (Å²) in [5.74, 6) is 0. The lowest BCUT2D eigenvalue weighted by Gasteiger charge is -2.37. The molecule has 20 heavy (non-hydrogen) atoms. The van der Waals surface area contributed by atoms with Crippen LogP contribution < -0.4 is 5.73 Å². The average Bonchev–Trinajstić information content (AvgIpc) is 3.12. The maximum atomic E-state index is 9.99. The van der Waals surface area contributed by atoms with Gasteiger partial charge in [-0.1, -0.05) is 0 Å². The molecule has 0 aromatic rings. The summed E-state index contributed by atoms with van der Waals surface area (Å²) in [5, 5.41) is 18.9. The zero-order valence-electron chi connectivity index (χ0n) is 12.7. The number of nitriles is 1. The van der Waals surface area contributed by atoms with Gasteiger partial charge in [0.15, 0.2) is 0 Å². The van der Waals surface area contributed by atoms with Gasteiger partial charge in [0.25, 0.3) is 0 Å². The summed E-state index contributed by atoms with van der Waals surface area (Å²) in [7, 11) is 1.48. The predicted molar refractivity (Wildman–Crippen MR) is 80.1 cm³/mol. The van der Waals surface area contributed by atoms with E-state index < -0.39 is 11.2 Å². The summed E-state index contributed by atoms with van der Waals surface area (Å²) >= 11 is 0. The van der Waals surface area contributed by atoms with Crippen LogP contribution in [0.15, 0.2) is 16.7 Å². The molecule has 5 nitrogen and oxygen atoms in total. The van der Waals surface area contributed by atoms with Crippen molar-refractivity contribution in [3.63, 3.8) is 0 Å². The first kappa shape index (κ1) is 16.7. The second-order valence-electron chi connectivity index (χ2n) is 6.33. The molecule has 0 aliphatic heterocycles. The number of aliphatic hydroxyl groups is 1. The molecule has 0 atom stereocenters. The minimum Gasteiger partial charge on any atom is -0.427 e. The van der Waals surface area contributed by atoms with Crippen molar-refractivity contribution in [2.75, 3.05) is 6.54 Å². The van der Waals surface area contributed by atoms with Crippen LogP contribution in [0.1, 0.15) is 40.5 Å². The van der Waals surface area contributed by atoms with E-state index in [4.69, 9.17) is 15.6 Å². The summed E-state index contributed by atoms with van der Waals surface area (Å²) < 4.78 is 5.59. The van der Waals surface area contributed by atoms with Gasteiger partial charge in [0, 0.05) is 6.21 Å². The maximum absolute atomic E-state index is 9.99. The van der Waals surface area contributed by atoms with E-state index in [0.29, 0.717) is 12.0 Å². The van der Waals surface area contributed by atoms with Crippen molar-refractivity contribution in [2.24, 2.45) is 16.1 Å². The van der Waals surface area contributed by atoms with Gasteiger partial charge in [0.2, 0.25) is 0 Å². The topological polar surface area (TPSA) is 91.6 Å². The summed E-state index contributed by atoms with van der Waals surface area (Å²) in [6.07, 6.45) is 4.80. The van der Waals surface area contributed by atoms with Gasteiger partial charge in [-0.15, -0.1) is 0 Å². The van der Waals surface area contributed by atoms with Crippen LogP contribution in [0.5, 0.6) is 0 Å². The first-order chi connectivity index (χ1) is 9.16. The Morgan fingerprint density at radius 2 is 2.10 bits per heavy atom. The zero-order valence-corrected chi connectivity index (χ0v) is 12.7. The Labute approximate surface area is 121 Å². The maximum Gasteiger partial charge on any atom is 0.333 e. The van der Waals surface area contributed by atoms with Crippen LogP contribution in [0.3, 0.4) is 0 Å². The highest BCUT2D eigenvalue weighted by Gasteiger charge is 2.42. The number of nitrogens with zero attached hydrogens (tertiary/aromatic N) is 2. The van der Waals surface area contributed by atoms with Gasteiger partial charge in [0.1, 0.15) is 0 Å². The molecule has 1 fully saturated rings. The third kappa shape index (κ3) is 4.36. The van der Waals surface area contributed by atoms with Gasteiger partial charge in [-0.2, -0.15) is 5.26 Å². The highest BCUT2D eigenvalue weighted by atomic mass is 16.5. The molecule has 0 heterocycles. The summed E-state index contributed by atoms with van der Waals surface area (Å²) in [5.41, 5.74) is 4.13. The Balaban J connectivity index is 2.49. The molecule has 0 amide bonds. The van der Waals surface area contributed by atoms with Gasteiger partial charge in [-0.05, 0) is 52.2 Å². The number of aliphatic imine (C=N–C) groups is 1. The van der Waals surface area contributed by atoms with Gasteiger partial charge in [-0.25, -0.2) is 0 Å². The highest BCUT2D eigenvalue weighted by Crippen LogP contribution is 2.44. The molecule has 3 N–H and O–H groups in total. The van der Waals surface area contributed by atoms with Crippen LogP contribution in [0.25, 0.3) is 0 Å². The van der Waals surface area contributed by atoms with Crippen LogP contribution in [0.2, 0.25) is 0 Å². The molecule has 0 aromatic carbocycles. The minimum absolute atomic E-state index is 0.260. The van der Waals surface area contributed by atoms with Crippen molar-refractivity contribution in [2.45, 2.75) is 51.7 Å². The van der Waals surface area contributed by atoms with Crippen molar-refractivity contribution >= 4 is 13.7 Å². The molecule has 1 rings (SSSR count). The van der Waals surface area contributed by atoms with Crippen LogP contribution in [0, 0.1) is 16.7 Å². The number of rotatable bonds is 7. The van der Waals surface area contributed by atoms with E-state index in [1.54, 1.807) is 33.9 Å². The SMILES string of the molecule is CC(C)(O)C(C)(C)O[B]/C(C=NCC1(C#N)CC1)=C/N. The van der Waals surface area contributed by atoms with Crippen molar-refractivity contribution in [3.8, 4) is 6.07 Å². The molecule has 1 saturated carbocycles. The summed E-state index contributed by atoms with van der Waals surface area (Å²) in [6, 6.07) is 2.28. The van der Waals surface area contributed by atoms with Crippen LogP contribution in [0.4, 0.5) is 0 Å². The van der Waals surface area contributed by atoms with Crippen molar-refractivity contribution in [3.05, 3.63) is 11.7 Å². The average molecular weight is 276 g/mol. The van der Waals surface area contributed by atoms with Crippen LogP contribution in [-0.2, 0) is 4.65 Å². The Kier molecular flexibility index (Phi) is 5.01. The number of hydrogen-bond donors (Lipinski definition) is 2. The Bertz CT molecular complexity index is 440. The summed E-state index contributed by atoms with van der Waals surface area (Å²) in [4.78, 5) is 4.24. The molecule has 0 aromatic heterocycles. The number of hydrogen-bond acceptors (Lipinski definition) is 5. The second kappa shape index (κ2) is 5.98. The van der Waals surface area contributed by atoms with E-state index in [1.165, 1.54) is 13.7 Å². The predicted octanol–water partition coefficient (Wildman–Crippen LogP) is 1.35. The number of nitrogens with two attached hydrogens (primary N) is 1. The minimum atomic E-state index is -0.987. The molecule has 0 unspecified atom stereocenters. The molecule has 0 saturated heterocycles. The van der Waals surface area contributed by atoms with E-state index in [9.17, 15) is 5.11 Å². The normalized spacial score (nSPS) is 18.9. The van der Waals surface area contributed by atoms with Crippen molar-refractivity contribution < 1.29 is 9.76 Å². The lowest BCUT2D eigenvalue weighted by molar-refractivity contribution is -0.0895. The fourth-order valence-electron chi connectivity index (χ4n) is 1.25. The van der Waals surface area contributed by atoms with E-state index in [2.05, 4.69) is 11.1 Å². The van der Waals surface area contributed by atoms with E-state index in [-0.39, 0.29) is 5.41 Å². The molecular weight excluding hydrogens is 253 g/mol. The standard InChI is InChI=1S/C14H23BN3O2/c1-12(2,19)13(3,4)20-15-11(7-16)8-18-10-14(9-17)5-6-14/h7-8,19H,5-6,10,16H2,1-4H3/b11-7+,18-8?. The Hall–Kier alpha value is -1.32. The van der Waals surface area contributed by atoms with E-state index >= 15 is 0 Å². The van der Waals surface area contributed by atoms with Gasteiger partial charge < -0.3 is 15.5 Å². The van der Waals surface area contributed by atoms with Crippen LogP contribution >= 0.6 is 0 Å². The lowest BCUT2D eigenvalue weighted by Crippen LogP contribution is -2.48. The first-order valence-corrected chi connectivity index (χ1v) is 6.72. The monoisotopic (exact) mass is 276 g/mol. The van der Waals surface area contributed by atoms with Gasteiger partial charge >= 0.3 is 7.48 Å². The Morgan fingerprint density at radius 1 is 1.50 bits per heavy atom. The van der Waals surface area contributed by atoms with Crippen molar-refractivity contribution in [1.29, 1.82) is 5.26 Å². The quantitative estimate of drug-likeness (QED) is 0.542. The van der Waals surface area contributed by atoms with Crippen molar-refractivity contribution in [1.82, 2.24) is 0 Å². The zero-order chi connectivity index (χ0) is 15.4. The largest absolute Gasteiger partial charge is 0.427 e. The molecule has 109 valence electrons. The van der Waals surface area contributed by atoms with Gasteiger partial charge in [0.05, 0.1) is 29.2 Å². The fourth-order valence-corrected chi connectivity index (χ4v) is 1.25. The van der Waals surface area contributed by atoms with Gasteiger partial charge in [-0.3, -0.25) is 4.99 Å².